The van der Waals surface area contributed by atoms with Crippen LogP contribution < -0.4 is 14.8 Å². The van der Waals surface area contributed by atoms with Crippen LogP contribution in [0, 0.1) is 5.41 Å². The second-order valence-corrected chi connectivity index (χ2v) is 18.0. The normalized spacial score (nSPS) is 16.4. The van der Waals surface area contributed by atoms with Crippen molar-refractivity contribution in [3.05, 3.63) is 46.4 Å². The van der Waals surface area contributed by atoms with E-state index in [4.69, 9.17) is 36.9 Å². The highest BCUT2D eigenvalue weighted by atomic mass is 35.5. The van der Waals surface area contributed by atoms with Crippen LogP contribution in [0.1, 0.15) is 150 Å². The van der Waals surface area contributed by atoms with E-state index in [2.05, 4.69) is 17.0 Å². The molecule has 2 aromatic rings. The molecule has 4 rings (SSSR count). The summed E-state index contributed by atoms with van der Waals surface area (Å²) in [7, 11) is 0. The number of carbonyl (C=O) groups excluding carboxylic acids is 4. The molecule has 3 amide bonds. The van der Waals surface area contributed by atoms with Crippen molar-refractivity contribution in [2.24, 2.45) is 5.41 Å². The van der Waals surface area contributed by atoms with E-state index in [-0.39, 0.29) is 21.5 Å². The molecule has 2 fully saturated rings. The summed E-state index contributed by atoms with van der Waals surface area (Å²) in [5.41, 5.74) is -1.90. The van der Waals surface area contributed by atoms with Gasteiger partial charge in [0.15, 0.2) is 23.2 Å². The molecule has 1 saturated heterocycles. The number of ketones is 1. The van der Waals surface area contributed by atoms with Gasteiger partial charge in [0.05, 0.1) is 22.3 Å². The molecule has 1 heterocycles. The van der Waals surface area contributed by atoms with Crippen LogP contribution in [0.3, 0.4) is 0 Å². The monoisotopic (exact) mass is 849 g/mol. The molecule has 2 unspecified atom stereocenters. The van der Waals surface area contributed by atoms with Gasteiger partial charge in [0, 0.05) is 17.2 Å². The molecule has 11 nitrogen and oxygen atoms in total. The van der Waals surface area contributed by atoms with Crippen LogP contribution in [0.15, 0.2) is 36.4 Å². The molecule has 14 heteroatoms. The van der Waals surface area contributed by atoms with Crippen molar-refractivity contribution in [3.63, 3.8) is 0 Å². The summed E-state index contributed by atoms with van der Waals surface area (Å²) in [6.07, 6.45) is 19.5. The van der Waals surface area contributed by atoms with Gasteiger partial charge in [0.2, 0.25) is 0 Å². The first-order valence-corrected chi connectivity index (χ1v) is 22.6. The number of rotatable bonds is 24. The fourth-order valence-corrected chi connectivity index (χ4v) is 8.15. The van der Waals surface area contributed by atoms with Gasteiger partial charge in [-0.15, -0.1) is 0 Å². The number of carbonyl (C=O) groups is 4. The predicted molar refractivity (Wildman–Crippen MR) is 227 cm³/mol. The number of hydrogen-bond acceptors (Lipinski definition) is 8. The number of benzene rings is 2. The van der Waals surface area contributed by atoms with E-state index in [9.17, 15) is 23.4 Å². The van der Waals surface area contributed by atoms with Gasteiger partial charge in [-0.05, 0) is 62.4 Å². The molecule has 57 heavy (non-hydrogen) atoms. The molecule has 316 valence electrons. The molecule has 0 bridgehead atoms. The lowest BCUT2D eigenvalue weighted by molar-refractivity contribution is -0.147. The Bertz CT molecular complexity index is 1680. The minimum absolute atomic E-state index is 0.0497. The Morgan fingerprint density at radius 2 is 1.39 bits per heavy atom. The summed E-state index contributed by atoms with van der Waals surface area (Å²) >= 11 is 10.9. The molecule has 2 N–H and O–H groups in total. The summed E-state index contributed by atoms with van der Waals surface area (Å²) in [4.78, 5) is 55.4. The fourth-order valence-electron chi connectivity index (χ4n) is 7.17. The molecule has 0 radical (unpaired) electrons. The summed E-state index contributed by atoms with van der Waals surface area (Å²) in [6, 6.07) is 7.50. The summed E-state index contributed by atoms with van der Waals surface area (Å²) in [6.45, 7) is 7.45. The van der Waals surface area contributed by atoms with Crippen LogP contribution in [0.25, 0.3) is 0 Å². The van der Waals surface area contributed by atoms with E-state index in [0.717, 1.165) is 25.7 Å². The Labute approximate surface area is 351 Å². The van der Waals surface area contributed by atoms with Crippen LogP contribution in [-0.2, 0) is 34.6 Å². The third kappa shape index (κ3) is 14.0. The lowest BCUT2D eigenvalue weighted by Gasteiger charge is -2.31. The Morgan fingerprint density at radius 1 is 0.842 bits per heavy atom. The lowest BCUT2D eigenvalue weighted by atomic mass is 9.82. The van der Waals surface area contributed by atoms with Crippen molar-refractivity contribution in [1.29, 1.82) is 0 Å². The second-order valence-electron chi connectivity index (χ2n) is 16.2. The molecule has 2 aliphatic rings. The van der Waals surface area contributed by atoms with Crippen LogP contribution in [-0.4, -0.2) is 51.0 Å². The minimum Gasteiger partial charge on any atom is -0.455 e. The van der Waals surface area contributed by atoms with Gasteiger partial charge < -0.3 is 14.8 Å². The van der Waals surface area contributed by atoms with Crippen molar-refractivity contribution < 1.29 is 37.0 Å². The smallest absolute Gasteiger partial charge is 0.418 e. The van der Waals surface area contributed by atoms with E-state index >= 15 is 0 Å². The predicted octanol–water partition coefficient (Wildman–Crippen LogP) is 11.9. The highest BCUT2D eigenvalue weighted by molar-refractivity contribution is 7.81. The van der Waals surface area contributed by atoms with Crippen molar-refractivity contribution in [2.75, 3.05) is 16.6 Å². The van der Waals surface area contributed by atoms with E-state index in [1.54, 1.807) is 45.0 Å². The van der Waals surface area contributed by atoms with Gasteiger partial charge in [-0.25, -0.2) is 13.9 Å². The van der Waals surface area contributed by atoms with Crippen molar-refractivity contribution in [2.45, 2.75) is 161 Å². The molecule has 1 spiro atoms. The zero-order valence-corrected chi connectivity index (χ0v) is 36.4. The Kier molecular flexibility index (Phi) is 18.6. The van der Waals surface area contributed by atoms with Crippen molar-refractivity contribution >= 4 is 69.5 Å². The molecule has 0 aromatic heterocycles. The maximum absolute atomic E-state index is 14.0. The largest absolute Gasteiger partial charge is 0.455 e. The van der Waals surface area contributed by atoms with Crippen LogP contribution >= 0.6 is 23.2 Å². The maximum Gasteiger partial charge on any atom is 0.418 e. The Hall–Kier alpha value is -3.19. The Morgan fingerprint density at radius 3 is 1.95 bits per heavy atom. The molecule has 2 atom stereocenters. The number of ether oxygens (including phenoxy) is 2. The Balaban J connectivity index is 1.27. The van der Waals surface area contributed by atoms with Gasteiger partial charge in [0.25, 0.3) is 23.1 Å². The lowest BCUT2D eigenvalue weighted by Crippen LogP contribution is -2.56. The number of imide groups is 1. The number of halogens is 2. The molecule has 1 aliphatic carbocycles. The third-order valence-corrected chi connectivity index (χ3v) is 12.0. The summed E-state index contributed by atoms with van der Waals surface area (Å²) in [5.74, 6) is -1.86. The van der Waals surface area contributed by atoms with Gasteiger partial charge in [-0.2, -0.15) is 0 Å². The summed E-state index contributed by atoms with van der Waals surface area (Å²) in [5, 5.41) is 2.88. The van der Waals surface area contributed by atoms with Gasteiger partial charge in [-0.1, -0.05) is 141 Å². The molecular weight excluding hydrogens is 789 g/mol. The number of nitrogens with zero attached hydrogens (tertiary/aromatic N) is 1. The first-order valence-electron chi connectivity index (χ1n) is 20.8. The van der Waals surface area contributed by atoms with E-state index in [1.165, 1.54) is 82.8 Å². The highest BCUT2D eigenvalue weighted by Gasteiger charge is 2.59. The fraction of sp³-hybridized carbons (Fsp3) is 0.628. The minimum atomic E-state index is -1.81. The number of anilines is 2. The zero-order chi connectivity index (χ0) is 41.4. The molecule has 1 aliphatic heterocycles. The van der Waals surface area contributed by atoms with E-state index < -0.39 is 52.0 Å². The third-order valence-electron chi connectivity index (χ3n) is 10.5. The number of hydrogen-bond donors (Lipinski definition) is 2. The standard InChI is InChI=1S/C43H61Cl2N3O8S/c1-5-6-7-8-9-10-11-12-13-14-15-16-17-21-28-54-57(53)47-31-22-24-32(25-23-31)55-36-30-34(45)33(44)29-35(36)46-39(50)37(38(49)42(2,3)4)48-40(51)43(56-41(48)52)26-19-18-20-27-43/h22-25,29-30,37,47H,5-21,26-28H2,1-4H3,(H,46,50). The van der Waals surface area contributed by atoms with Crippen molar-refractivity contribution in [3.8, 4) is 11.5 Å². The molecular formula is C43H61Cl2N3O8S. The van der Waals surface area contributed by atoms with Crippen LogP contribution in [0.4, 0.5) is 16.2 Å². The average Bonchev–Trinajstić information content (AvgIpc) is 3.39. The van der Waals surface area contributed by atoms with Gasteiger partial charge in [-0.3, -0.25) is 23.3 Å². The summed E-state index contributed by atoms with van der Waals surface area (Å²) < 4.78 is 32.5. The SMILES string of the molecule is CCCCCCCCCCCCCCCCOS(=O)Nc1ccc(Oc2cc(Cl)c(Cl)cc2NC(=O)C(C(=O)C(C)(C)C)N2C(=O)OC3(CCCCC3)C2=O)cc1. The quantitative estimate of drug-likeness (QED) is 0.0786. The van der Waals surface area contributed by atoms with Crippen LogP contribution in [0.5, 0.6) is 11.5 Å². The van der Waals surface area contributed by atoms with Crippen molar-refractivity contribution in [1.82, 2.24) is 4.90 Å². The number of nitrogens with one attached hydrogen (secondary N) is 2. The number of Topliss-reactive ketones (excluding diaryl/α,β-unsaturated/α-hetero) is 1. The van der Waals surface area contributed by atoms with Gasteiger partial charge >= 0.3 is 6.09 Å². The van der Waals surface area contributed by atoms with Crippen LogP contribution in [0.2, 0.25) is 10.0 Å². The average molecular weight is 851 g/mol. The second kappa shape index (κ2) is 22.8. The molecule has 2 aromatic carbocycles. The maximum atomic E-state index is 14.0. The topological polar surface area (TPSA) is 140 Å². The number of unbranched alkanes of at least 4 members (excludes halogenated alkanes) is 13. The number of amides is 3. The molecule has 1 saturated carbocycles. The first-order chi connectivity index (χ1) is 27.3. The van der Waals surface area contributed by atoms with E-state index in [0.29, 0.717) is 48.6 Å². The highest BCUT2D eigenvalue weighted by Crippen LogP contribution is 2.41. The van der Waals surface area contributed by atoms with E-state index in [1.807, 2.05) is 0 Å². The van der Waals surface area contributed by atoms with Gasteiger partial charge in [0.1, 0.15) is 5.75 Å². The first kappa shape index (κ1) is 46.5. The zero-order valence-electron chi connectivity index (χ0n) is 34.1.